The maximum atomic E-state index is 12.3. The highest BCUT2D eigenvalue weighted by Crippen LogP contribution is 2.19. The van der Waals surface area contributed by atoms with Crippen molar-refractivity contribution >= 4 is 17.7 Å². The maximum absolute atomic E-state index is 12.3. The molecule has 24 heavy (non-hydrogen) atoms. The number of ether oxygens (including phenoxy) is 1. The van der Waals surface area contributed by atoms with Crippen LogP contribution in [-0.4, -0.2) is 86.2 Å². The molecule has 0 saturated carbocycles. The molecule has 2 aliphatic rings. The number of methoxy groups -OCH3 is 1. The Kier molecular flexibility index (Phi) is 5.01. The van der Waals surface area contributed by atoms with Gasteiger partial charge in [-0.15, -0.1) is 0 Å². The largest absolute Gasteiger partial charge is 0.465 e. The molecule has 2 heterocycles. The molecule has 0 atom stereocenters. The molecule has 0 radical (unpaired) electrons. The molecular weight excluding hydrogens is 308 g/mol. The summed E-state index contributed by atoms with van der Waals surface area (Å²) in [6, 6.07) is 7.12. The molecule has 0 spiro atoms. The van der Waals surface area contributed by atoms with E-state index in [0.29, 0.717) is 17.3 Å². The van der Waals surface area contributed by atoms with Gasteiger partial charge in [0.25, 0.3) is 0 Å². The van der Waals surface area contributed by atoms with Crippen LogP contribution < -0.4 is 5.32 Å². The molecule has 7 heteroatoms. The van der Waals surface area contributed by atoms with Gasteiger partial charge in [-0.05, 0) is 25.2 Å². The zero-order chi connectivity index (χ0) is 17.1. The average Bonchev–Trinajstić information content (AvgIpc) is 2.54. The summed E-state index contributed by atoms with van der Waals surface area (Å²) in [5.74, 6) is -0.412. The molecule has 1 aromatic rings. The van der Waals surface area contributed by atoms with Crippen LogP contribution in [-0.2, 0) is 4.74 Å². The molecule has 130 valence electrons. The van der Waals surface area contributed by atoms with Gasteiger partial charge >= 0.3 is 12.0 Å². The minimum absolute atomic E-state index is 0.123. The molecule has 7 nitrogen and oxygen atoms in total. The Balaban J connectivity index is 1.49. The predicted molar refractivity (Wildman–Crippen MR) is 91.2 cm³/mol. The van der Waals surface area contributed by atoms with Gasteiger partial charge in [0, 0.05) is 51.0 Å². The standard InChI is InChI=1S/C17H24N4O3/c1-19-6-8-20(9-7-19)15-11-21(12-15)17(23)18-14-5-3-4-13(10-14)16(22)24-2/h3-5,10,15H,6-9,11-12H2,1-2H3,(H,18,23). The second-order valence-corrected chi connectivity index (χ2v) is 6.40. The molecule has 2 fully saturated rings. The van der Waals surface area contributed by atoms with Crippen LogP contribution in [0.25, 0.3) is 0 Å². The number of nitrogens with zero attached hydrogens (tertiary/aromatic N) is 3. The smallest absolute Gasteiger partial charge is 0.337 e. The van der Waals surface area contributed by atoms with Crippen molar-refractivity contribution in [3.05, 3.63) is 29.8 Å². The van der Waals surface area contributed by atoms with Crippen LogP contribution in [0.2, 0.25) is 0 Å². The highest BCUT2D eigenvalue weighted by atomic mass is 16.5. The van der Waals surface area contributed by atoms with E-state index < -0.39 is 5.97 Å². The first-order valence-corrected chi connectivity index (χ1v) is 8.23. The van der Waals surface area contributed by atoms with Crippen molar-refractivity contribution in [1.82, 2.24) is 14.7 Å². The van der Waals surface area contributed by atoms with Crippen LogP contribution in [0.1, 0.15) is 10.4 Å². The molecule has 0 unspecified atom stereocenters. The summed E-state index contributed by atoms with van der Waals surface area (Å²) in [6.07, 6.45) is 0. The van der Waals surface area contributed by atoms with Crippen molar-refractivity contribution in [1.29, 1.82) is 0 Å². The van der Waals surface area contributed by atoms with E-state index in [4.69, 9.17) is 4.74 Å². The van der Waals surface area contributed by atoms with Gasteiger partial charge in [-0.2, -0.15) is 0 Å². The highest BCUT2D eigenvalue weighted by Gasteiger charge is 2.35. The van der Waals surface area contributed by atoms with E-state index in [9.17, 15) is 9.59 Å². The average molecular weight is 332 g/mol. The van der Waals surface area contributed by atoms with Gasteiger partial charge in [-0.3, -0.25) is 4.90 Å². The lowest BCUT2D eigenvalue weighted by atomic mass is 10.1. The molecule has 2 aliphatic heterocycles. The molecule has 0 aliphatic carbocycles. The number of likely N-dealkylation sites (tertiary alicyclic amines) is 1. The second-order valence-electron chi connectivity index (χ2n) is 6.40. The van der Waals surface area contributed by atoms with E-state index in [1.54, 1.807) is 29.2 Å². The van der Waals surface area contributed by atoms with Crippen molar-refractivity contribution in [2.24, 2.45) is 0 Å². The number of piperazine rings is 1. The van der Waals surface area contributed by atoms with Crippen LogP contribution in [0.3, 0.4) is 0 Å². The Morgan fingerprint density at radius 3 is 2.54 bits per heavy atom. The van der Waals surface area contributed by atoms with Crippen molar-refractivity contribution in [2.75, 3.05) is 58.7 Å². The number of hydrogen-bond donors (Lipinski definition) is 1. The SMILES string of the molecule is COC(=O)c1cccc(NC(=O)N2CC(N3CCN(C)CC3)C2)c1. The van der Waals surface area contributed by atoms with Crippen molar-refractivity contribution in [3.8, 4) is 0 Å². The second kappa shape index (κ2) is 7.19. The Hall–Kier alpha value is -2.12. The zero-order valence-electron chi connectivity index (χ0n) is 14.2. The summed E-state index contributed by atoms with van der Waals surface area (Å²) in [4.78, 5) is 30.4. The van der Waals surface area contributed by atoms with Crippen molar-refractivity contribution < 1.29 is 14.3 Å². The number of hydrogen-bond acceptors (Lipinski definition) is 5. The first-order valence-electron chi connectivity index (χ1n) is 8.23. The van der Waals surface area contributed by atoms with Gasteiger partial charge in [0.1, 0.15) is 0 Å². The Morgan fingerprint density at radius 1 is 1.17 bits per heavy atom. The van der Waals surface area contributed by atoms with E-state index >= 15 is 0 Å². The quantitative estimate of drug-likeness (QED) is 0.835. The molecule has 0 bridgehead atoms. The van der Waals surface area contributed by atoms with Gasteiger partial charge in [0.2, 0.25) is 0 Å². The fourth-order valence-electron chi connectivity index (χ4n) is 3.08. The zero-order valence-corrected chi connectivity index (χ0v) is 14.2. The summed E-state index contributed by atoms with van der Waals surface area (Å²) in [7, 11) is 3.48. The summed E-state index contributed by atoms with van der Waals surface area (Å²) in [6.45, 7) is 5.82. The van der Waals surface area contributed by atoms with Gasteiger partial charge in [0.05, 0.1) is 12.7 Å². The third-order valence-corrected chi connectivity index (χ3v) is 4.74. The lowest BCUT2D eigenvalue weighted by Gasteiger charge is -2.47. The monoisotopic (exact) mass is 332 g/mol. The normalized spacial score (nSPS) is 19.7. The van der Waals surface area contributed by atoms with E-state index in [-0.39, 0.29) is 6.03 Å². The van der Waals surface area contributed by atoms with Gasteiger partial charge < -0.3 is 19.9 Å². The number of amides is 2. The van der Waals surface area contributed by atoms with Crippen molar-refractivity contribution in [3.63, 3.8) is 0 Å². The maximum Gasteiger partial charge on any atom is 0.337 e. The molecule has 1 N–H and O–H groups in total. The van der Waals surface area contributed by atoms with Crippen LogP contribution >= 0.6 is 0 Å². The topological polar surface area (TPSA) is 65.1 Å². The number of nitrogens with one attached hydrogen (secondary N) is 1. The Morgan fingerprint density at radius 2 is 1.88 bits per heavy atom. The molecule has 2 amide bonds. The molecule has 1 aromatic carbocycles. The summed E-state index contributed by atoms with van der Waals surface area (Å²) < 4.78 is 4.69. The van der Waals surface area contributed by atoms with Crippen LogP contribution in [0.15, 0.2) is 24.3 Å². The Bertz CT molecular complexity index is 608. The van der Waals surface area contributed by atoms with E-state index in [1.807, 2.05) is 0 Å². The van der Waals surface area contributed by atoms with E-state index in [0.717, 1.165) is 39.3 Å². The number of carbonyl (C=O) groups excluding carboxylic acids is 2. The van der Waals surface area contributed by atoms with E-state index in [1.165, 1.54) is 7.11 Å². The molecule has 2 saturated heterocycles. The molecular formula is C17H24N4O3. The fraction of sp³-hybridized carbons (Fsp3) is 0.529. The van der Waals surface area contributed by atoms with E-state index in [2.05, 4.69) is 22.2 Å². The number of carbonyl (C=O) groups is 2. The lowest BCUT2D eigenvalue weighted by Crippen LogP contribution is -2.64. The third-order valence-electron chi connectivity index (χ3n) is 4.74. The molecule has 0 aromatic heterocycles. The summed E-state index contributed by atoms with van der Waals surface area (Å²) in [5.41, 5.74) is 1.03. The fourth-order valence-corrected chi connectivity index (χ4v) is 3.08. The number of esters is 1. The van der Waals surface area contributed by atoms with Gasteiger partial charge in [-0.25, -0.2) is 9.59 Å². The third kappa shape index (κ3) is 3.68. The first kappa shape index (κ1) is 16.7. The summed E-state index contributed by atoms with van der Waals surface area (Å²) in [5, 5.41) is 2.85. The molecule has 3 rings (SSSR count). The number of anilines is 1. The number of rotatable bonds is 3. The number of likely N-dealkylation sites (N-methyl/N-ethyl adjacent to an activating group) is 1. The Labute approximate surface area is 142 Å². The lowest BCUT2D eigenvalue weighted by molar-refractivity contribution is 0.0318. The van der Waals surface area contributed by atoms with Gasteiger partial charge in [0.15, 0.2) is 0 Å². The summed E-state index contributed by atoms with van der Waals surface area (Å²) >= 11 is 0. The van der Waals surface area contributed by atoms with Crippen LogP contribution in [0, 0.1) is 0 Å². The van der Waals surface area contributed by atoms with Gasteiger partial charge in [-0.1, -0.05) is 6.07 Å². The van der Waals surface area contributed by atoms with Crippen LogP contribution in [0.4, 0.5) is 10.5 Å². The van der Waals surface area contributed by atoms with Crippen molar-refractivity contribution in [2.45, 2.75) is 6.04 Å². The number of benzene rings is 1. The van der Waals surface area contributed by atoms with Crippen LogP contribution in [0.5, 0.6) is 0 Å². The minimum Gasteiger partial charge on any atom is -0.465 e. The predicted octanol–water partition coefficient (Wildman–Crippen LogP) is 0.937. The minimum atomic E-state index is -0.412. The highest BCUT2D eigenvalue weighted by molar-refractivity contribution is 5.94. The number of urea groups is 1. The first-order chi connectivity index (χ1) is 11.6.